The first-order valence-electron chi connectivity index (χ1n) is 2.74. The monoisotopic (exact) mass is 192 g/mol. The van der Waals surface area contributed by atoms with Crippen LogP contribution in [-0.2, 0) is 19.3 Å². The molecule has 0 spiro atoms. The quantitative estimate of drug-likeness (QED) is 0.195. The predicted molar refractivity (Wildman–Crippen MR) is 32.1 cm³/mol. The topological polar surface area (TPSA) is 75.7 Å². The Labute approximate surface area is 88.3 Å². The molecule has 0 aromatic carbocycles. The van der Waals surface area contributed by atoms with E-state index in [1.54, 1.807) is 6.92 Å². The smallest absolute Gasteiger partial charge is 0.726 e. The second-order valence-corrected chi connectivity index (χ2v) is 2.48. The molecule has 62 valence electrons. The summed E-state index contributed by atoms with van der Waals surface area (Å²) in [5.74, 6) is 0. The van der Waals surface area contributed by atoms with Gasteiger partial charge >= 0.3 is 29.6 Å². The van der Waals surface area contributed by atoms with Crippen molar-refractivity contribution in [3.8, 4) is 0 Å². The molecule has 0 aromatic rings. The maximum Gasteiger partial charge on any atom is 1.00 e. The fraction of sp³-hybridized carbons (Fsp3) is 1.00. The first-order valence-corrected chi connectivity index (χ1v) is 4.07. The summed E-state index contributed by atoms with van der Waals surface area (Å²) < 4.78 is 37.8. The minimum atomic E-state index is -4.53. The molecule has 0 aliphatic heterocycles. The van der Waals surface area contributed by atoms with E-state index in [-0.39, 0.29) is 42.8 Å². The molecular weight excluding hydrogens is 183 g/mol. The Hall–Kier alpha value is 0.830. The molecular formula is C4H9NaO5S. The Morgan fingerprint density at radius 1 is 1.36 bits per heavy atom. The van der Waals surface area contributed by atoms with Gasteiger partial charge in [-0.1, -0.05) is 0 Å². The largest absolute Gasteiger partial charge is 1.00 e. The normalized spacial score (nSPS) is 10.7. The van der Waals surface area contributed by atoms with Crippen LogP contribution in [0.5, 0.6) is 0 Å². The van der Waals surface area contributed by atoms with E-state index in [0.717, 1.165) is 0 Å². The summed E-state index contributed by atoms with van der Waals surface area (Å²) in [6.07, 6.45) is 0. The summed E-state index contributed by atoms with van der Waals surface area (Å²) in [5, 5.41) is 0. The molecule has 0 bridgehead atoms. The van der Waals surface area contributed by atoms with Crippen LogP contribution in [0.3, 0.4) is 0 Å². The Kier molecular flexibility index (Phi) is 9.76. The predicted octanol–water partition coefficient (Wildman–Crippen LogP) is -3.50. The summed E-state index contributed by atoms with van der Waals surface area (Å²) >= 11 is 0. The average molecular weight is 192 g/mol. The van der Waals surface area contributed by atoms with Gasteiger partial charge in [0, 0.05) is 6.61 Å². The molecule has 0 amide bonds. The molecule has 0 heterocycles. The van der Waals surface area contributed by atoms with Gasteiger partial charge in [0.2, 0.25) is 10.4 Å². The third kappa shape index (κ3) is 13.8. The van der Waals surface area contributed by atoms with Crippen molar-refractivity contribution >= 4 is 10.4 Å². The third-order valence-corrected chi connectivity index (χ3v) is 1.11. The van der Waals surface area contributed by atoms with Gasteiger partial charge in [0.1, 0.15) is 0 Å². The van der Waals surface area contributed by atoms with Crippen molar-refractivity contribution in [2.45, 2.75) is 6.92 Å². The molecule has 0 saturated carbocycles. The summed E-state index contributed by atoms with van der Waals surface area (Å²) in [4.78, 5) is 0. The van der Waals surface area contributed by atoms with E-state index < -0.39 is 10.4 Å². The van der Waals surface area contributed by atoms with E-state index in [4.69, 9.17) is 4.74 Å². The van der Waals surface area contributed by atoms with Crippen molar-refractivity contribution < 1.29 is 51.4 Å². The molecule has 0 rings (SSSR count). The van der Waals surface area contributed by atoms with E-state index in [1.165, 1.54) is 0 Å². The molecule has 0 aliphatic carbocycles. The maximum absolute atomic E-state index is 9.76. The van der Waals surface area contributed by atoms with Crippen LogP contribution in [0, 0.1) is 0 Å². The Balaban J connectivity index is 0. The summed E-state index contributed by atoms with van der Waals surface area (Å²) in [6, 6.07) is 0. The number of rotatable bonds is 5. The van der Waals surface area contributed by atoms with Gasteiger partial charge < -0.3 is 9.29 Å². The molecule has 0 atom stereocenters. The van der Waals surface area contributed by atoms with Crippen molar-refractivity contribution in [1.29, 1.82) is 0 Å². The molecule has 0 N–H and O–H groups in total. The van der Waals surface area contributed by atoms with Crippen LogP contribution in [0.4, 0.5) is 0 Å². The zero-order chi connectivity index (χ0) is 8.04. The van der Waals surface area contributed by atoms with Crippen LogP contribution in [0.25, 0.3) is 0 Å². The standard InChI is InChI=1S/C4H10O5S.Na/c1-2-8-3-4-9-10(5,6)7;/h2-4H2,1H3,(H,5,6,7);/q;+1/p-1. The van der Waals surface area contributed by atoms with Crippen LogP contribution in [0.2, 0.25) is 0 Å². The van der Waals surface area contributed by atoms with Crippen molar-refractivity contribution in [3.63, 3.8) is 0 Å². The second kappa shape index (κ2) is 7.48. The van der Waals surface area contributed by atoms with Crippen molar-refractivity contribution in [3.05, 3.63) is 0 Å². The Bertz CT molecular complexity index is 165. The van der Waals surface area contributed by atoms with Gasteiger partial charge in [0.25, 0.3) is 0 Å². The Morgan fingerprint density at radius 3 is 2.27 bits per heavy atom. The van der Waals surface area contributed by atoms with Crippen LogP contribution in [0.15, 0.2) is 0 Å². The van der Waals surface area contributed by atoms with E-state index in [0.29, 0.717) is 6.61 Å². The van der Waals surface area contributed by atoms with Gasteiger partial charge in [-0.3, -0.25) is 4.18 Å². The zero-order valence-electron chi connectivity index (χ0n) is 6.57. The van der Waals surface area contributed by atoms with Crippen LogP contribution in [0.1, 0.15) is 6.92 Å². The van der Waals surface area contributed by atoms with E-state index in [9.17, 15) is 13.0 Å². The maximum atomic E-state index is 9.76. The summed E-state index contributed by atoms with van der Waals surface area (Å²) in [5.41, 5.74) is 0. The molecule has 11 heavy (non-hydrogen) atoms. The van der Waals surface area contributed by atoms with Crippen LogP contribution >= 0.6 is 0 Å². The zero-order valence-corrected chi connectivity index (χ0v) is 9.39. The molecule has 0 aromatic heterocycles. The SMILES string of the molecule is CCOCCOS(=O)(=O)[O-].[Na+]. The van der Waals surface area contributed by atoms with Gasteiger partial charge in [-0.15, -0.1) is 0 Å². The molecule has 0 radical (unpaired) electrons. The molecule has 5 nitrogen and oxygen atoms in total. The van der Waals surface area contributed by atoms with Gasteiger partial charge in [-0.2, -0.15) is 0 Å². The Morgan fingerprint density at radius 2 is 1.91 bits per heavy atom. The van der Waals surface area contributed by atoms with E-state index in [2.05, 4.69) is 4.18 Å². The van der Waals surface area contributed by atoms with E-state index >= 15 is 0 Å². The van der Waals surface area contributed by atoms with Gasteiger partial charge in [0.15, 0.2) is 0 Å². The van der Waals surface area contributed by atoms with Crippen LogP contribution < -0.4 is 29.6 Å². The molecule has 0 fully saturated rings. The molecule has 0 unspecified atom stereocenters. The summed E-state index contributed by atoms with van der Waals surface area (Å²) in [6.45, 7) is 2.14. The van der Waals surface area contributed by atoms with Crippen molar-refractivity contribution in [2.24, 2.45) is 0 Å². The number of hydrogen-bond acceptors (Lipinski definition) is 5. The van der Waals surface area contributed by atoms with Crippen LogP contribution in [-0.4, -0.2) is 32.8 Å². The summed E-state index contributed by atoms with van der Waals surface area (Å²) in [7, 11) is -4.53. The van der Waals surface area contributed by atoms with E-state index in [1.807, 2.05) is 0 Å². The van der Waals surface area contributed by atoms with Gasteiger partial charge in [-0.05, 0) is 6.92 Å². The molecule has 0 aliphatic rings. The van der Waals surface area contributed by atoms with Gasteiger partial charge in [0.05, 0.1) is 13.2 Å². The first kappa shape index (κ1) is 14.4. The fourth-order valence-corrected chi connectivity index (χ4v) is 0.612. The first-order chi connectivity index (χ1) is 4.56. The third-order valence-electron chi connectivity index (χ3n) is 0.659. The minimum absolute atomic E-state index is 0. The minimum Gasteiger partial charge on any atom is -0.726 e. The molecule has 7 heteroatoms. The van der Waals surface area contributed by atoms with Crippen molar-refractivity contribution in [2.75, 3.05) is 19.8 Å². The fourth-order valence-electron chi connectivity index (χ4n) is 0.339. The number of ether oxygens (including phenoxy) is 1. The average Bonchev–Trinajstić information content (AvgIpc) is 1.78. The van der Waals surface area contributed by atoms with Crippen molar-refractivity contribution in [1.82, 2.24) is 0 Å². The van der Waals surface area contributed by atoms with Gasteiger partial charge in [-0.25, -0.2) is 8.42 Å². The number of hydrogen-bond donors (Lipinski definition) is 0. The second-order valence-electron chi connectivity index (χ2n) is 1.43. The molecule has 0 saturated heterocycles.